The van der Waals surface area contributed by atoms with Crippen molar-refractivity contribution in [3.8, 4) is 11.4 Å². The predicted octanol–water partition coefficient (Wildman–Crippen LogP) is 6.53. The van der Waals surface area contributed by atoms with E-state index in [-0.39, 0.29) is 16.7 Å². The molecule has 2 aromatic heterocycles. The molecule has 2 aliphatic heterocycles. The number of hydrogen-bond acceptors (Lipinski definition) is 6. The summed E-state index contributed by atoms with van der Waals surface area (Å²) in [5, 5.41) is 2.35. The average Bonchev–Trinajstić information content (AvgIpc) is 3.54. The van der Waals surface area contributed by atoms with E-state index >= 15 is 0 Å². The van der Waals surface area contributed by atoms with Gasteiger partial charge >= 0.3 is 0 Å². The van der Waals surface area contributed by atoms with Gasteiger partial charge in [0, 0.05) is 17.0 Å². The molecule has 2 bridgehead atoms. The van der Waals surface area contributed by atoms with Gasteiger partial charge in [-0.3, -0.25) is 9.36 Å². The molecular formula is C37H41N3O3SSi. The summed E-state index contributed by atoms with van der Waals surface area (Å²) in [7, 11) is -0.453. The zero-order valence-electron chi connectivity index (χ0n) is 26.5. The molecule has 2 saturated heterocycles. The van der Waals surface area contributed by atoms with Crippen molar-refractivity contribution in [3.63, 3.8) is 0 Å². The molecule has 5 aromatic rings. The van der Waals surface area contributed by atoms with Gasteiger partial charge in [-0.15, -0.1) is 11.3 Å². The second kappa shape index (κ2) is 12.0. The van der Waals surface area contributed by atoms with Crippen molar-refractivity contribution in [1.29, 1.82) is 0 Å². The minimum absolute atomic E-state index is 0.0674. The van der Waals surface area contributed by atoms with Gasteiger partial charge in [-0.1, -0.05) is 81.4 Å². The highest BCUT2D eigenvalue weighted by atomic mass is 32.1. The van der Waals surface area contributed by atoms with E-state index < -0.39 is 8.32 Å². The highest BCUT2D eigenvalue weighted by Gasteiger charge is 2.50. The fraction of sp³-hybridized carbons (Fsp3) is 0.351. The van der Waals surface area contributed by atoms with Gasteiger partial charge < -0.3 is 14.1 Å². The van der Waals surface area contributed by atoms with Crippen LogP contribution >= 0.6 is 11.3 Å². The summed E-state index contributed by atoms with van der Waals surface area (Å²) in [6.07, 6.45) is 6.59. The van der Waals surface area contributed by atoms with Gasteiger partial charge in [0.05, 0.1) is 17.8 Å². The first-order chi connectivity index (χ1) is 21.7. The number of aromatic nitrogens is 2. The second-order valence-electron chi connectivity index (χ2n) is 13.6. The van der Waals surface area contributed by atoms with Gasteiger partial charge in [-0.05, 0) is 78.5 Å². The molecule has 232 valence electrons. The minimum Gasteiger partial charge on any atom is -0.490 e. The molecule has 0 aliphatic carbocycles. The van der Waals surface area contributed by atoms with Gasteiger partial charge in [0.25, 0.3) is 13.9 Å². The van der Waals surface area contributed by atoms with Gasteiger partial charge in [0.2, 0.25) is 0 Å². The Labute approximate surface area is 270 Å². The summed E-state index contributed by atoms with van der Waals surface area (Å²) in [6, 6.07) is 32.4. The maximum Gasteiger partial charge on any atom is 0.275 e. The molecule has 45 heavy (non-hydrogen) atoms. The summed E-state index contributed by atoms with van der Waals surface area (Å²) >= 11 is 1.48. The van der Waals surface area contributed by atoms with Gasteiger partial charge in [0.15, 0.2) is 0 Å². The standard InChI is InChI=1S/C37H41N3O3SSi/c1-37(2,3)45(32-11-7-5-8-12-32,33-13-9-6-10-14-33)42-24-31-23-34-35(44-31)36(41)40(25-38-34)26-17-19-29(20-18-26)43-30-21-27-15-16-28(22-30)39(27)4/h5-14,17-20,23,25,27-28,30H,15-16,21-22,24H2,1-4H3/t27-,28+,30-. The highest BCUT2D eigenvalue weighted by Crippen LogP contribution is 2.38. The van der Waals surface area contributed by atoms with Crippen LogP contribution in [-0.4, -0.2) is 48.0 Å². The van der Waals surface area contributed by atoms with Gasteiger partial charge in [0.1, 0.15) is 22.9 Å². The summed E-state index contributed by atoms with van der Waals surface area (Å²) in [4.78, 5) is 21.9. The van der Waals surface area contributed by atoms with E-state index in [1.165, 1.54) is 34.6 Å². The van der Waals surface area contributed by atoms with E-state index in [9.17, 15) is 4.79 Å². The Morgan fingerprint density at radius 3 is 2.07 bits per heavy atom. The van der Waals surface area contributed by atoms with E-state index in [0.29, 0.717) is 28.9 Å². The number of fused-ring (bicyclic) bond motifs is 3. The number of piperidine rings is 1. The van der Waals surface area contributed by atoms with Crippen LogP contribution in [0.5, 0.6) is 5.75 Å². The lowest BCUT2D eigenvalue weighted by atomic mass is 10.0. The summed E-state index contributed by atoms with van der Waals surface area (Å²) < 4.78 is 15.8. The van der Waals surface area contributed by atoms with Crippen LogP contribution in [0.25, 0.3) is 15.9 Å². The quantitative estimate of drug-likeness (QED) is 0.182. The van der Waals surface area contributed by atoms with Crippen LogP contribution in [0.15, 0.2) is 102 Å². The molecule has 3 aromatic carbocycles. The lowest BCUT2D eigenvalue weighted by molar-refractivity contribution is 0.0662. The number of ether oxygens (including phenoxy) is 1. The zero-order chi connectivity index (χ0) is 31.2. The molecule has 0 unspecified atom stereocenters. The van der Waals surface area contributed by atoms with E-state index in [2.05, 4.69) is 98.4 Å². The molecule has 0 spiro atoms. The number of benzene rings is 3. The van der Waals surface area contributed by atoms with Crippen LogP contribution in [0.4, 0.5) is 0 Å². The molecule has 2 aliphatic rings. The van der Waals surface area contributed by atoms with Crippen molar-refractivity contribution in [2.24, 2.45) is 0 Å². The number of hydrogen-bond donors (Lipinski definition) is 0. The van der Waals surface area contributed by atoms with Crippen LogP contribution < -0.4 is 20.7 Å². The minimum atomic E-state index is -2.70. The molecule has 6 nitrogen and oxygen atoms in total. The lowest BCUT2D eigenvalue weighted by Crippen LogP contribution is -2.66. The monoisotopic (exact) mass is 635 g/mol. The zero-order valence-corrected chi connectivity index (χ0v) is 28.3. The third kappa shape index (κ3) is 5.58. The Morgan fingerprint density at radius 2 is 1.49 bits per heavy atom. The number of nitrogens with zero attached hydrogens (tertiary/aromatic N) is 3. The Hall–Kier alpha value is -3.56. The van der Waals surface area contributed by atoms with E-state index in [1.54, 1.807) is 10.9 Å². The van der Waals surface area contributed by atoms with Crippen LogP contribution in [0.1, 0.15) is 51.3 Å². The largest absolute Gasteiger partial charge is 0.490 e. The fourth-order valence-electron chi connectivity index (χ4n) is 7.49. The number of thiophene rings is 1. The summed E-state index contributed by atoms with van der Waals surface area (Å²) in [5.74, 6) is 0.855. The maximum atomic E-state index is 13.7. The molecule has 4 heterocycles. The predicted molar refractivity (Wildman–Crippen MR) is 186 cm³/mol. The van der Waals surface area contributed by atoms with Crippen LogP contribution in [0.2, 0.25) is 5.04 Å². The normalized spacial score (nSPS) is 20.5. The van der Waals surface area contributed by atoms with Gasteiger partial charge in [-0.25, -0.2) is 4.98 Å². The molecule has 0 amide bonds. The first-order valence-corrected chi connectivity index (χ1v) is 18.7. The van der Waals surface area contributed by atoms with Gasteiger partial charge in [-0.2, -0.15) is 0 Å². The van der Waals surface area contributed by atoms with Crippen molar-refractivity contribution in [1.82, 2.24) is 14.5 Å². The Balaban J connectivity index is 1.13. The summed E-state index contributed by atoms with van der Waals surface area (Å²) in [6.45, 7) is 7.24. The first-order valence-electron chi connectivity index (χ1n) is 16.0. The molecule has 0 saturated carbocycles. The average molecular weight is 636 g/mol. The molecule has 3 atom stereocenters. The third-order valence-electron chi connectivity index (χ3n) is 9.81. The van der Waals surface area contributed by atoms with Crippen molar-refractivity contribution >= 4 is 40.2 Å². The Bertz CT molecular complexity index is 1780. The van der Waals surface area contributed by atoms with E-state index in [1.807, 2.05) is 30.3 Å². The van der Waals surface area contributed by atoms with Crippen molar-refractivity contribution in [2.45, 2.75) is 76.3 Å². The molecule has 8 heteroatoms. The Morgan fingerprint density at radius 1 is 0.889 bits per heavy atom. The van der Waals surface area contributed by atoms with E-state index in [0.717, 1.165) is 29.2 Å². The smallest absolute Gasteiger partial charge is 0.275 e. The molecular weight excluding hydrogens is 595 g/mol. The molecule has 0 radical (unpaired) electrons. The Kier molecular flexibility index (Phi) is 8.02. The first kappa shape index (κ1) is 30.1. The van der Waals surface area contributed by atoms with Crippen LogP contribution in [0, 0.1) is 0 Å². The highest BCUT2D eigenvalue weighted by molar-refractivity contribution is 7.18. The second-order valence-corrected chi connectivity index (χ2v) is 19.0. The SMILES string of the molecule is CN1[C@@H]2CC[C@H]1C[C@H](Oc1ccc(-n3cnc4cc(CO[Si](c5ccccc5)(c5ccccc5)C(C)(C)C)sc4c3=O)cc1)C2. The molecule has 2 fully saturated rings. The third-order valence-corrected chi connectivity index (χ3v) is 15.9. The van der Waals surface area contributed by atoms with Crippen LogP contribution in [0.3, 0.4) is 0 Å². The van der Waals surface area contributed by atoms with Crippen molar-refractivity contribution < 1.29 is 9.16 Å². The topological polar surface area (TPSA) is 56.6 Å². The summed E-state index contributed by atoms with van der Waals surface area (Å²) in [5.41, 5.74) is 1.42. The maximum absolute atomic E-state index is 13.7. The van der Waals surface area contributed by atoms with Crippen molar-refractivity contribution in [2.75, 3.05) is 7.05 Å². The number of rotatable bonds is 8. The van der Waals surface area contributed by atoms with E-state index in [4.69, 9.17) is 9.16 Å². The van der Waals surface area contributed by atoms with Crippen LogP contribution in [-0.2, 0) is 11.0 Å². The molecule has 0 N–H and O–H groups in total. The van der Waals surface area contributed by atoms with Crippen molar-refractivity contribution in [3.05, 3.63) is 113 Å². The lowest BCUT2D eigenvalue weighted by Gasteiger charge is -2.43. The molecule has 7 rings (SSSR count). The fourth-order valence-corrected chi connectivity index (χ4v) is 13.1.